The van der Waals surface area contributed by atoms with E-state index in [-0.39, 0.29) is 24.4 Å². The number of carbonyl (C=O) groups is 1. The number of aromatic nitrogens is 5. The van der Waals surface area contributed by atoms with Crippen molar-refractivity contribution < 1.29 is 4.79 Å². The zero-order valence-electron chi connectivity index (χ0n) is 16.2. The Bertz CT molecular complexity index is 1230. The van der Waals surface area contributed by atoms with E-state index < -0.39 is 0 Å². The smallest absolute Gasteiger partial charge is 0.264 e. The Labute approximate surface area is 166 Å². The molecule has 0 aliphatic rings. The van der Waals surface area contributed by atoms with Crippen molar-refractivity contribution in [3.05, 3.63) is 76.7 Å². The molecule has 3 heterocycles. The highest BCUT2D eigenvalue weighted by Gasteiger charge is 2.15. The molecular formula is C21H20N6O2. The molecule has 0 saturated heterocycles. The van der Waals surface area contributed by atoms with Crippen LogP contribution >= 0.6 is 0 Å². The molecule has 8 heteroatoms. The number of anilines is 1. The Morgan fingerprint density at radius 2 is 1.79 bits per heavy atom. The third-order valence-corrected chi connectivity index (χ3v) is 4.68. The molecule has 0 unspecified atom stereocenters. The number of rotatable bonds is 5. The van der Waals surface area contributed by atoms with E-state index in [9.17, 15) is 9.59 Å². The van der Waals surface area contributed by atoms with Gasteiger partial charge in [-0.1, -0.05) is 17.7 Å². The molecule has 1 amide bonds. The Morgan fingerprint density at radius 1 is 1.07 bits per heavy atom. The van der Waals surface area contributed by atoms with E-state index in [1.807, 2.05) is 31.2 Å². The van der Waals surface area contributed by atoms with Crippen LogP contribution in [0.15, 0.2) is 59.8 Å². The fourth-order valence-corrected chi connectivity index (χ4v) is 3.12. The van der Waals surface area contributed by atoms with Crippen LogP contribution in [0.2, 0.25) is 0 Å². The van der Waals surface area contributed by atoms with E-state index >= 15 is 0 Å². The molecule has 0 atom stereocenters. The van der Waals surface area contributed by atoms with Crippen LogP contribution in [0.4, 0.5) is 5.69 Å². The van der Waals surface area contributed by atoms with Crippen molar-refractivity contribution in [3.8, 4) is 5.69 Å². The molecule has 0 spiro atoms. The summed E-state index contributed by atoms with van der Waals surface area (Å²) < 4.78 is 3.17. The summed E-state index contributed by atoms with van der Waals surface area (Å²) in [4.78, 5) is 33.6. The number of carbonyl (C=O) groups excluding carboxylic acids is 1. The van der Waals surface area contributed by atoms with Crippen molar-refractivity contribution in [2.45, 2.75) is 26.8 Å². The van der Waals surface area contributed by atoms with Gasteiger partial charge < -0.3 is 5.32 Å². The van der Waals surface area contributed by atoms with Crippen molar-refractivity contribution in [2.75, 3.05) is 5.32 Å². The van der Waals surface area contributed by atoms with Crippen LogP contribution in [0.1, 0.15) is 17.8 Å². The first kappa shape index (κ1) is 18.5. The molecule has 0 aliphatic heterocycles. The molecule has 0 saturated carbocycles. The minimum Gasteiger partial charge on any atom is -0.326 e. The van der Waals surface area contributed by atoms with Gasteiger partial charge in [-0.05, 0) is 38.1 Å². The van der Waals surface area contributed by atoms with Crippen molar-refractivity contribution in [3.63, 3.8) is 0 Å². The van der Waals surface area contributed by atoms with Gasteiger partial charge in [0, 0.05) is 31.0 Å². The van der Waals surface area contributed by atoms with Crippen molar-refractivity contribution in [1.82, 2.24) is 24.3 Å². The number of hydrogen-bond donors (Lipinski definition) is 1. The first-order valence-electron chi connectivity index (χ1n) is 9.25. The minimum atomic E-state index is -0.206. The summed E-state index contributed by atoms with van der Waals surface area (Å²) in [5, 5.41) is 7.55. The zero-order valence-corrected chi connectivity index (χ0v) is 16.2. The van der Waals surface area contributed by atoms with Crippen LogP contribution in [0.25, 0.3) is 16.7 Å². The quantitative estimate of drug-likeness (QED) is 0.567. The first-order valence-corrected chi connectivity index (χ1v) is 9.25. The van der Waals surface area contributed by atoms with Gasteiger partial charge in [-0.3, -0.25) is 19.1 Å². The van der Waals surface area contributed by atoms with Crippen LogP contribution in [0, 0.1) is 13.8 Å². The van der Waals surface area contributed by atoms with Gasteiger partial charge >= 0.3 is 0 Å². The largest absolute Gasteiger partial charge is 0.326 e. The van der Waals surface area contributed by atoms with Crippen LogP contribution in [-0.2, 0) is 11.3 Å². The van der Waals surface area contributed by atoms with E-state index in [4.69, 9.17) is 0 Å². The topological polar surface area (TPSA) is 94.7 Å². The molecule has 8 nitrogen and oxygen atoms in total. The molecule has 0 radical (unpaired) electrons. The van der Waals surface area contributed by atoms with Crippen LogP contribution in [0.5, 0.6) is 0 Å². The SMILES string of the molecule is Cc1ccc(-n2ncc3c(=O)n(CCC(=O)Nc4ccncc4)c(C)nc32)cc1. The fourth-order valence-electron chi connectivity index (χ4n) is 3.12. The van der Waals surface area contributed by atoms with Gasteiger partial charge in [0.1, 0.15) is 11.2 Å². The number of amides is 1. The van der Waals surface area contributed by atoms with Gasteiger partial charge in [0.05, 0.1) is 11.9 Å². The van der Waals surface area contributed by atoms with Gasteiger partial charge in [-0.2, -0.15) is 5.10 Å². The van der Waals surface area contributed by atoms with Crippen molar-refractivity contribution in [2.24, 2.45) is 0 Å². The van der Waals surface area contributed by atoms with E-state index in [0.717, 1.165) is 11.3 Å². The lowest BCUT2D eigenvalue weighted by atomic mass is 10.2. The lowest BCUT2D eigenvalue weighted by Gasteiger charge is -2.10. The monoisotopic (exact) mass is 388 g/mol. The summed E-state index contributed by atoms with van der Waals surface area (Å²) in [6.45, 7) is 4.01. The summed E-state index contributed by atoms with van der Waals surface area (Å²) in [5.41, 5.74) is 2.95. The number of nitrogens with zero attached hydrogens (tertiary/aromatic N) is 5. The highest BCUT2D eigenvalue weighted by atomic mass is 16.2. The van der Waals surface area contributed by atoms with Gasteiger partial charge in [-0.15, -0.1) is 0 Å². The molecule has 3 aromatic heterocycles. The Morgan fingerprint density at radius 3 is 2.52 bits per heavy atom. The predicted molar refractivity (Wildman–Crippen MR) is 110 cm³/mol. The first-order chi connectivity index (χ1) is 14.0. The van der Waals surface area contributed by atoms with E-state index in [0.29, 0.717) is 22.5 Å². The Hall–Kier alpha value is -3.81. The van der Waals surface area contributed by atoms with Gasteiger partial charge in [0.25, 0.3) is 5.56 Å². The molecule has 0 fully saturated rings. The second-order valence-corrected chi connectivity index (χ2v) is 6.78. The maximum absolute atomic E-state index is 12.9. The highest BCUT2D eigenvalue weighted by Crippen LogP contribution is 2.15. The Balaban J connectivity index is 1.59. The normalized spacial score (nSPS) is 11.0. The summed E-state index contributed by atoms with van der Waals surface area (Å²) in [6.07, 6.45) is 4.89. The zero-order chi connectivity index (χ0) is 20.4. The second-order valence-electron chi connectivity index (χ2n) is 6.78. The van der Waals surface area contributed by atoms with Gasteiger partial charge in [0.15, 0.2) is 5.65 Å². The van der Waals surface area contributed by atoms with E-state index in [2.05, 4.69) is 20.4 Å². The van der Waals surface area contributed by atoms with E-state index in [1.165, 1.54) is 10.8 Å². The third-order valence-electron chi connectivity index (χ3n) is 4.68. The maximum atomic E-state index is 12.9. The van der Waals surface area contributed by atoms with Crippen molar-refractivity contribution in [1.29, 1.82) is 0 Å². The summed E-state index contributed by atoms with van der Waals surface area (Å²) in [5.74, 6) is 0.353. The molecule has 0 aliphatic carbocycles. The number of fused-ring (bicyclic) bond motifs is 1. The average molecular weight is 388 g/mol. The number of aryl methyl sites for hydroxylation is 2. The number of pyridine rings is 1. The molecule has 4 rings (SSSR count). The lowest BCUT2D eigenvalue weighted by molar-refractivity contribution is -0.116. The molecular weight excluding hydrogens is 368 g/mol. The van der Waals surface area contributed by atoms with Crippen LogP contribution < -0.4 is 10.9 Å². The fraction of sp³-hybridized carbons (Fsp3) is 0.190. The number of hydrogen-bond acceptors (Lipinski definition) is 5. The standard InChI is InChI=1S/C21H20N6O2/c1-14-3-5-17(6-4-14)27-20-18(13-23-27)21(29)26(15(2)24-20)12-9-19(28)25-16-7-10-22-11-8-16/h3-8,10-11,13H,9,12H2,1-2H3,(H,22,25,28). The summed E-state index contributed by atoms with van der Waals surface area (Å²) in [7, 11) is 0. The Kier molecular flexibility index (Phi) is 4.90. The van der Waals surface area contributed by atoms with Gasteiger partial charge in [0.2, 0.25) is 5.91 Å². The molecule has 1 aromatic carbocycles. The molecule has 1 N–H and O–H groups in total. The number of nitrogens with one attached hydrogen (secondary N) is 1. The highest BCUT2D eigenvalue weighted by molar-refractivity contribution is 5.90. The lowest BCUT2D eigenvalue weighted by Crippen LogP contribution is -2.26. The van der Waals surface area contributed by atoms with Crippen molar-refractivity contribution >= 4 is 22.6 Å². The minimum absolute atomic E-state index is 0.155. The summed E-state index contributed by atoms with van der Waals surface area (Å²) in [6, 6.07) is 11.3. The maximum Gasteiger partial charge on any atom is 0.264 e. The number of benzene rings is 1. The average Bonchev–Trinajstić information content (AvgIpc) is 3.13. The molecule has 0 bridgehead atoms. The summed E-state index contributed by atoms with van der Waals surface area (Å²) >= 11 is 0. The van der Waals surface area contributed by atoms with Crippen LogP contribution in [-0.4, -0.2) is 30.2 Å². The van der Waals surface area contributed by atoms with E-state index in [1.54, 1.807) is 36.1 Å². The molecule has 4 aromatic rings. The molecule has 146 valence electrons. The third kappa shape index (κ3) is 3.77. The molecule has 29 heavy (non-hydrogen) atoms. The predicted octanol–water partition coefficient (Wildman–Crippen LogP) is 2.62. The second kappa shape index (κ2) is 7.67. The van der Waals surface area contributed by atoms with Crippen LogP contribution in [0.3, 0.4) is 0 Å². The van der Waals surface area contributed by atoms with Gasteiger partial charge in [-0.25, -0.2) is 9.67 Å².